The molecule has 35 heavy (non-hydrogen) atoms. The first-order chi connectivity index (χ1) is 16.9. The number of ether oxygens (including phenoxy) is 1. The Hall–Kier alpha value is -3.10. The van der Waals surface area contributed by atoms with Crippen LogP contribution in [0.15, 0.2) is 65.8 Å². The minimum atomic E-state index is -0.439. The summed E-state index contributed by atoms with van der Waals surface area (Å²) in [6.45, 7) is 2.96. The van der Waals surface area contributed by atoms with Gasteiger partial charge in [0.15, 0.2) is 0 Å². The molecule has 4 N–H and O–H groups in total. The first-order valence-corrected chi connectivity index (χ1v) is 11.8. The molecule has 0 spiro atoms. The molecule has 3 rings (SSSR count). The maximum atomic E-state index is 12.2. The lowest BCUT2D eigenvalue weighted by molar-refractivity contribution is 0.0955. The molecule has 7 nitrogen and oxygen atoms in total. The molecule has 0 aliphatic heterocycles. The molecule has 0 aliphatic rings. The number of halogens is 2. The average molecular weight is 516 g/mol. The van der Waals surface area contributed by atoms with Crippen LogP contribution in [0.25, 0.3) is 0 Å². The molecule has 3 aromatic rings. The number of hydrogen-bond donors (Lipinski definition) is 4. The lowest BCUT2D eigenvalue weighted by atomic mass is 10.1. The van der Waals surface area contributed by atoms with E-state index in [9.17, 15) is 15.0 Å². The van der Waals surface area contributed by atoms with E-state index in [0.717, 1.165) is 16.7 Å². The summed E-state index contributed by atoms with van der Waals surface area (Å²) in [6.07, 6.45) is 2.24. The number of nitrogens with one attached hydrogen (secondary N) is 2. The van der Waals surface area contributed by atoms with Crippen molar-refractivity contribution in [3.8, 4) is 11.5 Å². The molecule has 184 valence electrons. The zero-order valence-electron chi connectivity index (χ0n) is 19.2. The van der Waals surface area contributed by atoms with Gasteiger partial charge in [0.05, 0.1) is 17.8 Å². The molecule has 0 aromatic heterocycles. The lowest BCUT2D eigenvalue weighted by Gasteiger charge is -2.17. The highest BCUT2D eigenvalue weighted by Gasteiger charge is 2.09. The Morgan fingerprint density at radius 3 is 2.57 bits per heavy atom. The van der Waals surface area contributed by atoms with Crippen molar-refractivity contribution in [2.45, 2.75) is 19.4 Å². The van der Waals surface area contributed by atoms with E-state index in [2.05, 4.69) is 15.8 Å². The molecule has 0 fully saturated rings. The Balaban J connectivity index is 1.44. The average Bonchev–Trinajstić information content (AvgIpc) is 2.85. The molecule has 0 saturated carbocycles. The number of benzene rings is 3. The van der Waals surface area contributed by atoms with Gasteiger partial charge in [0, 0.05) is 23.2 Å². The first-order valence-electron chi connectivity index (χ1n) is 11.0. The van der Waals surface area contributed by atoms with Gasteiger partial charge in [-0.3, -0.25) is 4.79 Å². The van der Waals surface area contributed by atoms with Crippen molar-refractivity contribution in [3.63, 3.8) is 0 Å². The summed E-state index contributed by atoms with van der Waals surface area (Å²) < 4.78 is 5.82. The van der Waals surface area contributed by atoms with E-state index in [1.165, 1.54) is 18.2 Å². The molecule has 0 aliphatic carbocycles. The third-order valence-electron chi connectivity index (χ3n) is 5.24. The van der Waals surface area contributed by atoms with Crippen molar-refractivity contribution in [1.29, 1.82) is 0 Å². The van der Waals surface area contributed by atoms with Gasteiger partial charge in [0.1, 0.15) is 18.1 Å². The second-order valence-corrected chi connectivity index (χ2v) is 8.74. The SMILES string of the molecule is Cc1cc(OCCNC(CO)Cc2ccc(Cl)cc2)ccc1/C=N/NC(=O)c1ccc(O)c(Cl)c1. The normalized spacial score (nSPS) is 12.0. The van der Waals surface area contributed by atoms with Crippen LogP contribution in [0.1, 0.15) is 27.0 Å². The number of phenolic OH excluding ortho intramolecular Hbond substituents is 1. The number of hydrazone groups is 1. The fourth-order valence-corrected chi connectivity index (χ4v) is 3.60. The second-order valence-electron chi connectivity index (χ2n) is 7.90. The van der Waals surface area contributed by atoms with Crippen molar-refractivity contribution < 1.29 is 19.7 Å². The number of aryl methyl sites for hydroxylation is 1. The third-order valence-corrected chi connectivity index (χ3v) is 5.80. The molecular formula is C26H27Cl2N3O4. The van der Waals surface area contributed by atoms with Crippen molar-refractivity contribution in [3.05, 3.63) is 93.0 Å². The number of aliphatic hydroxyl groups is 1. The lowest BCUT2D eigenvalue weighted by Crippen LogP contribution is -2.37. The van der Waals surface area contributed by atoms with E-state index in [4.69, 9.17) is 27.9 Å². The number of hydrogen-bond acceptors (Lipinski definition) is 6. The zero-order valence-corrected chi connectivity index (χ0v) is 20.7. The molecule has 0 bridgehead atoms. The van der Waals surface area contributed by atoms with Gasteiger partial charge in [0.25, 0.3) is 5.91 Å². The maximum absolute atomic E-state index is 12.2. The highest BCUT2D eigenvalue weighted by Crippen LogP contribution is 2.23. The van der Waals surface area contributed by atoms with Gasteiger partial charge in [0.2, 0.25) is 0 Å². The van der Waals surface area contributed by atoms with E-state index >= 15 is 0 Å². The predicted molar refractivity (Wildman–Crippen MR) is 139 cm³/mol. The van der Waals surface area contributed by atoms with Gasteiger partial charge < -0.3 is 20.3 Å². The minimum absolute atomic E-state index is 0.0199. The molecule has 1 unspecified atom stereocenters. The number of aromatic hydroxyl groups is 1. The number of carbonyl (C=O) groups excluding carboxylic acids is 1. The molecule has 1 atom stereocenters. The summed E-state index contributed by atoms with van der Waals surface area (Å²) >= 11 is 11.7. The smallest absolute Gasteiger partial charge is 0.271 e. The van der Waals surface area contributed by atoms with Crippen LogP contribution in [-0.4, -0.2) is 48.1 Å². The third kappa shape index (κ3) is 8.26. The van der Waals surface area contributed by atoms with Crippen LogP contribution in [0, 0.1) is 6.92 Å². The first kappa shape index (κ1) is 26.5. The van der Waals surface area contributed by atoms with Gasteiger partial charge in [-0.2, -0.15) is 5.10 Å². The molecule has 1 amide bonds. The number of amides is 1. The van der Waals surface area contributed by atoms with Gasteiger partial charge >= 0.3 is 0 Å². The van der Waals surface area contributed by atoms with Gasteiger partial charge in [-0.25, -0.2) is 5.43 Å². The highest BCUT2D eigenvalue weighted by atomic mass is 35.5. The van der Waals surface area contributed by atoms with E-state index in [1.54, 1.807) is 6.21 Å². The Morgan fingerprint density at radius 1 is 1.11 bits per heavy atom. The molecule has 3 aromatic carbocycles. The molecule has 9 heteroatoms. The second kappa shape index (κ2) is 13.1. The number of carbonyl (C=O) groups is 1. The Morgan fingerprint density at radius 2 is 1.89 bits per heavy atom. The minimum Gasteiger partial charge on any atom is -0.506 e. The van der Waals surface area contributed by atoms with Crippen LogP contribution >= 0.6 is 23.2 Å². The molecular weight excluding hydrogens is 489 g/mol. The van der Waals surface area contributed by atoms with Crippen LogP contribution in [0.4, 0.5) is 0 Å². The van der Waals surface area contributed by atoms with Gasteiger partial charge in [-0.1, -0.05) is 35.3 Å². The maximum Gasteiger partial charge on any atom is 0.271 e. The largest absolute Gasteiger partial charge is 0.506 e. The summed E-state index contributed by atoms with van der Waals surface area (Å²) in [5, 5.41) is 27.2. The summed E-state index contributed by atoms with van der Waals surface area (Å²) in [4.78, 5) is 12.2. The molecule has 0 heterocycles. The number of phenols is 1. The van der Waals surface area contributed by atoms with Crippen molar-refractivity contribution in [2.24, 2.45) is 5.10 Å². The fraction of sp³-hybridized carbons (Fsp3) is 0.231. The van der Waals surface area contributed by atoms with E-state index < -0.39 is 5.91 Å². The Kier molecular flexibility index (Phi) is 9.93. The summed E-state index contributed by atoms with van der Waals surface area (Å²) in [5.74, 6) is 0.180. The van der Waals surface area contributed by atoms with Crippen LogP contribution < -0.4 is 15.5 Å². The van der Waals surface area contributed by atoms with Crippen molar-refractivity contribution in [2.75, 3.05) is 19.8 Å². The molecule has 0 saturated heterocycles. The van der Waals surface area contributed by atoms with E-state index in [0.29, 0.717) is 30.3 Å². The van der Waals surface area contributed by atoms with Crippen LogP contribution in [0.3, 0.4) is 0 Å². The Bertz CT molecular complexity index is 1170. The van der Waals surface area contributed by atoms with Gasteiger partial charge in [-0.15, -0.1) is 0 Å². The predicted octanol–water partition coefficient (Wildman–Crippen LogP) is 4.34. The monoisotopic (exact) mass is 515 g/mol. The fourth-order valence-electron chi connectivity index (χ4n) is 3.29. The van der Waals surface area contributed by atoms with Gasteiger partial charge in [-0.05, 0) is 78.6 Å². The van der Waals surface area contributed by atoms with Crippen molar-refractivity contribution >= 4 is 35.3 Å². The number of rotatable bonds is 11. The summed E-state index contributed by atoms with van der Waals surface area (Å²) in [6, 6.07) is 17.2. The van der Waals surface area contributed by atoms with Crippen LogP contribution in [0.5, 0.6) is 11.5 Å². The van der Waals surface area contributed by atoms with E-state index in [1.807, 2.05) is 49.4 Å². The highest BCUT2D eigenvalue weighted by molar-refractivity contribution is 6.32. The van der Waals surface area contributed by atoms with Crippen molar-refractivity contribution in [1.82, 2.24) is 10.7 Å². The number of aliphatic hydroxyl groups excluding tert-OH is 1. The Labute approximate surface area is 214 Å². The summed E-state index contributed by atoms with van der Waals surface area (Å²) in [5.41, 5.74) is 5.57. The quantitative estimate of drug-likeness (QED) is 0.173. The summed E-state index contributed by atoms with van der Waals surface area (Å²) in [7, 11) is 0. The zero-order chi connectivity index (χ0) is 25.2. The number of nitrogens with zero attached hydrogens (tertiary/aromatic N) is 1. The van der Waals surface area contributed by atoms with E-state index in [-0.39, 0.29) is 29.0 Å². The van der Waals surface area contributed by atoms with Crippen LogP contribution in [0.2, 0.25) is 10.0 Å². The van der Waals surface area contributed by atoms with Crippen LogP contribution in [-0.2, 0) is 6.42 Å². The standard InChI is InChI=1S/C26H27Cl2N3O4/c1-17-12-23(35-11-10-29-22(16-32)13-18-2-6-21(27)7-3-18)8-4-20(17)15-30-31-26(34)19-5-9-25(33)24(28)14-19/h2-9,12,14-15,22,29,32-33H,10-11,13,16H2,1H3,(H,31,34)/b30-15+. The topological polar surface area (TPSA) is 103 Å². The molecule has 0 radical (unpaired) electrons.